The van der Waals surface area contributed by atoms with Crippen LogP contribution >= 0.6 is 11.8 Å². The first-order valence-electron chi connectivity index (χ1n) is 9.48. The normalized spacial score (nSPS) is 16.9. The molecule has 0 radical (unpaired) electrons. The first-order chi connectivity index (χ1) is 13.7. The summed E-state index contributed by atoms with van der Waals surface area (Å²) in [7, 11) is 3.88. The van der Waals surface area contributed by atoms with E-state index in [1.807, 2.05) is 30.5 Å². The number of carbonyl (C=O) groups excluding carboxylic acids is 1. The van der Waals surface area contributed by atoms with Gasteiger partial charge in [-0.3, -0.25) is 14.3 Å². The molecule has 1 N–H and O–H groups in total. The predicted octanol–water partition coefficient (Wildman–Crippen LogP) is 2.93. The van der Waals surface area contributed by atoms with Gasteiger partial charge in [0.1, 0.15) is 11.4 Å². The Morgan fingerprint density at radius 3 is 2.62 bits per heavy atom. The lowest BCUT2D eigenvalue weighted by Gasteiger charge is -2.23. The maximum atomic E-state index is 13.4. The van der Waals surface area contributed by atoms with Crippen molar-refractivity contribution < 1.29 is 9.18 Å². The van der Waals surface area contributed by atoms with Crippen molar-refractivity contribution in [3.63, 3.8) is 0 Å². The van der Waals surface area contributed by atoms with E-state index in [-0.39, 0.29) is 29.4 Å². The molecular weight excluding hydrogens is 391 g/mol. The van der Waals surface area contributed by atoms with Crippen LogP contribution in [0.1, 0.15) is 38.6 Å². The topological polar surface area (TPSA) is 86.8 Å². The zero-order valence-corrected chi connectivity index (χ0v) is 17.8. The fourth-order valence-electron chi connectivity index (χ4n) is 3.05. The van der Waals surface area contributed by atoms with Crippen LogP contribution in [0.15, 0.2) is 29.4 Å². The maximum Gasteiger partial charge on any atom is 0.231 e. The Morgan fingerprint density at radius 1 is 1.41 bits per heavy atom. The Balaban J connectivity index is 1.81. The lowest BCUT2D eigenvalue weighted by molar-refractivity contribution is -0.119. The van der Waals surface area contributed by atoms with E-state index in [0.717, 1.165) is 18.5 Å². The minimum absolute atomic E-state index is 0.0347. The van der Waals surface area contributed by atoms with E-state index in [1.54, 1.807) is 19.1 Å². The third-order valence-corrected chi connectivity index (χ3v) is 6.18. The summed E-state index contributed by atoms with van der Waals surface area (Å²) in [5, 5.41) is 21.4. The summed E-state index contributed by atoms with van der Waals surface area (Å²) < 4.78 is 15.2. The highest BCUT2D eigenvalue weighted by molar-refractivity contribution is 7.99. The lowest BCUT2D eigenvalue weighted by atomic mass is 9.98. The second kappa shape index (κ2) is 8.51. The molecule has 0 bridgehead atoms. The third-order valence-electron chi connectivity index (χ3n) is 5.25. The van der Waals surface area contributed by atoms with Crippen molar-refractivity contribution in [3.05, 3.63) is 35.9 Å². The summed E-state index contributed by atoms with van der Waals surface area (Å²) in [5.74, 6) is 0.483. The Hall–Kier alpha value is -2.44. The van der Waals surface area contributed by atoms with Gasteiger partial charge >= 0.3 is 0 Å². The molecule has 1 saturated carbocycles. The van der Waals surface area contributed by atoms with Gasteiger partial charge in [0.15, 0.2) is 11.0 Å². The van der Waals surface area contributed by atoms with Gasteiger partial charge in [-0.2, -0.15) is 5.26 Å². The molecule has 9 heteroatoms. The minimum atomic E-state index is -0.827. The number of halogens is 1. The number of hydrogen-bond acceptors (Lipinski definition) is 6. The quantitative estimate of drug-likeness (QED) is 0.666. The number of amides is 1. The Bertz CT molecular complexity index is 918. The third kappa shape index (κ3) is 4.77. The van der Waals surface area contributed by atoms with E-state index in [4.69, 9.17) is 0 Å². The van der Waals surface area contributed by atoms with Crippen LogP contribution in [0.4, 0.5) is 4.39 Å². The summed E-state index contributed by atoms with van der Waals surface area (Å²) in [4.78, 5) is 14.5. The average Bonchev–Trinajstić information content (AvgIpc) is 3.47. The summed E-state index contributed by atoms with van der Waals surface area (Å²) in [6.07, 6.45) is 1.92. The Labute approximate surface area is 174 Å². The van der Waals surface area contributed by atoms with Crippen LogP contribution in [0, 0.1) is 23.1 Å². The Morgan fingerprint density at radius 2 is 2.07 bits per heavy atom. The molecule has 3 rings (SSSR count). The van der Waals surface area contributed by atoms with Crippen molar-refractivity contribution in [3.8, 4) is 11.8 Å². The Kier molecular flexibility index (Phi) is 6.24. The molecule has 1 aromatic carbocycles. The molecule has 2 atom stereocenters. The van der Waals surface area contributed by atoms with Crippen LogP contribution < -0.4 is 5.32 Å². The van der Waals surface area contributed by atoms with E-state index in [9.17, 15) is 14.4 Å². The van der Waals surface area contributed by atoms with E-state index >= 15 is 0 Å². The number of nitrogens with one attached hydrogen (secondary N) is 1. The molecule has 29 heavy (non-hydrogen) atoms. The summed E-state index contributed by atoms with van der Waals surface area (Å²) in [5.41, 5.74) is -0.102. The van der Waals surface area contributed by atoms with Gasteiger partial charge in [0.05, 0.1) is 17.9 Å². The van der Waals surface area contributed by atoms with Crippen LogP contribution in [-0.2, 0) is 4.79 Å². The van der Waals surface area contributed by atoms with Crippen molar-refractivity contribution in [2.75, 3.05) is 19.8 Å². The van der Waals surface area contributed by atoms with Gasteiger partial charge in [0, 0.05) is 5.69 Å². The van der Waals surface area contributed by atoms with E-state index < -0.39 is 5.54 Å². The highest BCUT2D eigenvalue weighted by Gasteiger charge is 2.43. The van der Waals surface area contributed by atoms with Gasteiger partial charge in [-0.25, -0.2) is 4.39 Å². The van der Waals surface area contributed by atoms with Gasteiger partial charge in [0.2, 0.25) is 5.91 Å². The van der Waals surface area contributed by atoms with Crippen LogP contribution in [0.25, 0.3) is 5.69 Å². The molecule has 1 aromatic heterocycles. The molecule has 0 unspecified atom stereocenters. The first kappa shape index (κ1) is 21.3. The molecule has 0 spiro atoms. The summed E-state index contributed by atoms with van der Waals surface area (Å²) in [6, 6.07) is 8.28. The number of carbonyl (C=O) groups is 1. The monoisotopic (exact) mass is 416 g/mol. The van der Waals surface area contributed by atoms with Gasteiger partial charge in [-0.1, -0.05) is 11.8 Å². The van der Waals surface area contributed by atoms with Crippen molar-refractivity contribution in [1.29, 1.82) is 5.26 Å². The number of nitriles is 1. The first-order valence-corrected chi connectivity index (χ1v) is 10.5. The number of rotatable bonds is 8. The minimum Gasteiger partial charge on any atom is -0.337 e. The molecule has 1 aliphatic carbocycles. The number of benzene rings is 1. The van der Waals surface area contributed by atoms with Gasteiger partial charge < -0.3 is 5.32 Å². The molecule has 0 aliphatic heterocycles. The van der Waals surface area contributed by atoms with Crippen molar-refractivity contribution >= 4 is 17.7 Å². The number of nitrogens with zero attached hydrogens (tertiary/aromatic N) is 5. The zero-order chi connectivity index (χ0) is 21.2. The molecular formula is C20H25FN6OS. The number of hydrogen-bond donors (Lipinski definition) is 1. The maximum absolute atomic E-state index is 13.4. The molecule has 7 nitrogen and oxygen atoms in total. The van der Waals surface area contributed by atoms with Crippen LogP contribution in [0.3, 0.4) is 0 Å². The molecule has 1 heterocycles. The zero-order valence-electron chi connectivity index (χ0n) is 17.0. The van der Waals surface area contributed by atoms with Crippen LogP contribution in [0.5, 0.6) is 0 Å². The van der Waals surface area contributed by atoms with E-state index in [2.05, 4.69) is 21.6 Å². The molecule has 154 valence electrons. The standard InChI is InChI=1S/C20H25FN6OS/c1-13(26(3)4)18-24-25-19(27(18)16-9-7-15(21)8-10-16)29-11-17(28)23-20(2,12-22)14-5-6-14/h7-10,13-14H,5-6,11H2,1-4H3,(H,23,28)/t13-,20+/m1/s1. The summed E-state index contributed by atoms with van der Waals surface area (Å²) >= 11 is 1.24. The molecule has 0 saturated heterocycles. The largest absolute Gasteiger partial charge is 0.337 e. The molecule has 1 amide bonds. The van der Waals surface area contributed by atoms with E-state index in [0.29, 0.717) is 11.0 Å². The lowest BCUT2D eigenvalue weighted by Crippen LogP contribution is -2.47. The fraction of sp³-hybridized carbons (Fsp3) is 0.500. The molecule has 1 aliphatic rings. The van der Waals surface area contributed by atoms with Crippen LogP contribution in [0.2, 0.25) is 0 Å². The van der Waals surface area contributed by atoms with Gasteiger partial charge in [-0.05, 0) is 71.0 Å². The highest BCUT2D eigenvalue weighted by Crippen LogP contribution is 2.39. The number of thioether (sulfide) groups is 1. The second-order valence-corrected chi connectivity index (χ2v) is 8.66. The second-order valence-electron chi connectivity index (χ2n) is 7.72. The average molecular weight is 417 g/mol. The van der Waals surface area contributed by atoms with Gasteiger partial charge in [0.25, 0.3) is 0 Å². The van der Waals surface area contributed by atoms with Crippen molar-refractivity contribution in [2.24, 2.45) is 5.92 Å². The summed E-state index contributed by atoms with van der Waals surface area (Å²) in [6.45, 7) is 3.77. The smallest absolute Gasteiger partial charge is 0.231 e. The number of aromatic nitrogens is 3. The SMILES string of the molecule is C[C@H](c1nnc(SCC(=O)N[C@@](C)(C#N)C2CC2)n1-c1ccc(F)cc1)N(C)C. The van der Waals surface area contributed by atoms with Crippen molar-refractivity contribution in [1.82, 2.24) is 25.0 Å². The fourth-order valence-corrected chi connectivity index (χ4v) is 3.81. The van der Waals surface area contributed by atoms with Crippen molar-refractivity contribution in [2.45, 2.75) is 43.4 Å². The predicted molar refractivity (Wildman–Crippen MR) is 109 cm³/mol. The molecule has 2 aromatic rings. The van der Waals surface area contributed by atoms with E-state index in [1.165, 1.54) is 23.9 Å². The van der Waals surface area contributed by atoms with Crippen LogP contribution in [-0.4, -0.2) is 51.0 Å². The highest BCUT2D eigenvalue weighted by atomic mass is 32.2. The van der Waals surface area contributed by atoms with Gasteiger partial charge in [-0.15, -0.1) is 10.2 Å². The molecule has 1 fully saturated rings.